The lowest BCUT2D eigenvalue weighted by Crippen LogP contribution is -2.60. The molecule has 3 fully saturated rings. The molecule has 1 amide bonds. The third-order valence-corrected chi connectivity index (χ3v) is 8.64. The number of carboxylic acids is 1. The van der Waals surface area contributed by atoms with Gasteiger partial charge in [-0.2, -0.15) is 13.2 Å². The molecule has 1 saturated carbocycles. The molecule has 41 heavy (non-hydrogen) atoms. The number of halogens is 4. The Balaban J connectivity index is 1.15. The molecule has 1 aliphatic carbocycles. The zero-order valence-electron chi connectivity index (χ0n) is 22.9. The highest BCUT2D eigenvalue weighted by molar-refractivity contribution is 5.89. The lowest BCUT2D eigenvalue weighted by atomic mass is 9.85. The first-order chi connectivity index (χ1) is 19.5. The molecule has 2 N–H and O–H groups in total. The lowest BCUT2D eigenvalue weighted by Gasteiger charge is -2.48. The number of benzene rings is 2. The van der Waals surface area contributed by atoms with Crippen LogP contribution in [-0.4, -0.2) is 72.4 Å². The predicted octanol–water partition coefficient (Wildman–Crippen LogP) is 4.74. The molecule has 5 rings (SSSR count). The second kappa shape index (κ2) is 11.6. The van der Waals surface area contributed by atoms with Crippen LogP contribution in [0, 0.1) is 11.7 Å². The third kappa shape index (κ3) is 6.35. The molecule has 2 aromatic rings. The van der Waals surface area contributed by atoms with Crippen LogP contribution >= 0.6 is 0 Å². The van der Waals surface area contributed by atoms with Gasteiger partial charge < -0.3 is 20.1 Å². The van der Waals surface area contributed by atoms with Crippen LogP contribution in [0.4, 0.5) is 23.2 Å². The van der Waals surface area contributed by atoms with Gasteiger partial charge in [-0.1, -0.05) is 18.2 Å². The minimum atomic E-state index is -4.41. The van der Waals surface area contributed by atoms with Gasteiger partial charge >= 0.3 is 12.1 Å². The summed E-state index contributed by atoms with van der Waals surface area (Å²) >= 11 is 0. The Morgan fingerprint density at radius 2 is 1.90 bits per heavy atom. The van der Waals surface area contributed by atoms with Gasteiger partial charge in [0.2, 0.25) is 0 Å². The summed E-state index contributed by atoms with van der Waals surface area (Å²) in [6.07, 6.45) is -0.925. The van der Waals surface area contributed by atoms with E-state index in [9.17, 15) is 32.3 Å². The number of nitrogens with zero attached hydrogens (tertiary/aromatic N) is 2. The molecule has 3 aliphatic rings. The molecule has 0 spiro atoms. The Kier molecular flexibility index (Phi) is 8.29. The van der Waals surface area contributed by atoms with Gasteiger partial charge in [0.15, 0.2) is 0 Å². The van der Waals surface area contributed by atoms with Crippen molar-refractivity contribution >= 4 is 17.6 Å². The summed E-state index contributed by atoms with van der Waals surface area (Å²) in [5, 5.41) is 12.2. The number of alkyl halides is 3. The quantitative estimate of drug-likeness (QED) is 0.442. The second-order valence-electron chi connectivity index (χ2n) is 11.4. The standard InChI is InChI=1S/C30H35F4N3O4/c1-19-17-36(13-14-37(19)23-7-8-26(31)25(16-23)27(38)39)24-9-11-29(41-18-24,21-5-6-21)28(40)35-12-10-20-3-2-4-22(15-20)30(32,33)34/h2-4,7-8,15-16,19,21,24H,5-6,9-14,17-18H2,1H3,(H,35,40)(H,38,39)/t19-,24+,29-/m0/s1. The average Bonchev–Trinajstić information content (AvgIpc) is 3.79. The van der Waals surface area contributed by atoms with E-state index in [1.807, 2.05) is 6.92 Å². The van der Waals surface area contributed by atoms with E-state index in [4.69, 9.17) is 4.74 Å². The zero-order chi connectivity index (χ0) is 29.4. The molecule has 0 unspecified atom stereocenters. The summed E-state index contributed by atoms with van der Waals surface area (Å²) in [6.45, 7) is 4.77. The zero-order valence-corrected chi connectivity index (χ0v) is 22.9. The van der Waals surface area contributed by atoms with Crippen molar-refractivity contribution in [1.82, 2.24) is 10.2 Å². The van der Waals surface area contributed by atoms with Crippen molar-refractivity contribution in [2.24, 2.45) is 5.92 Å². The Labute approximate surface area is 236 Å². The largest absolute Gasteiger partial charge is 0.478 e. The molecule has 0 radical (unpaired) electrons. The maximum atomic E-state index is 13.9. The number of ether oxygens (including phenoxy) is 1. The SMILES string of the molecule is C[C@H]1CN([C@@H]2CC[C@@](C(=O)NCCc3cccc(C(F)(F)F)c3)(C3CC3)OC2)CCN1c1ccc(F)c(C(=O)O)c1. The summed E-state index contributed by atoms with van der Waals surface area (Å²) < 4.78 is 59.3. The highest BCUT2D eigenvalue weighted by atomic mass is 19.4. The van der Waals surface area contributed by atoms with Gasteiger partial charge in [0, 0.05) is 44.0 Å². The molecule has 2 aromatic carbocycles. The van der Waals surface area contributed by atoms with Gasteiger partial charge in [-0.05, 0) is 74.8 Å². The molecule has 2 heterocycles. The topological polar surface area (TPSA) is 82.1 Å². The number of carbonyl (C=O) groups excluding carboxylic acids is 1. The molecule has 0 bridgehead atoms. The number of hydrogen-bond acceptors (Lipinski definition) is 5. The Bertz CT molecular complexity index is 1270. The highest BCUT2D eigenvalue weighted by Crippen LogP contribution is 2.47. The molecule has 3 atom stereocenters. The second-order valence-corrected chi connectivity index (χ2v) is 11.4. The van der Waals surface area contributed by atoms with E-state index >= 15 is 0 Å². The Hall–Kier alpha value is -3.18. The fourth-order valence-electron chi connectivity index (χ4n) is 6.24. The van der Waals surface area contributed by atoms with Gasteiger partial charge in [-0.25, -0.2) is 9.18 Å². The first kappa shape index (κ1) is 29.3. The van der Waals surface area contributed by atoms with Crippen molar-refractivity contribution in [1.29, 1.82) is 0 Å². The van der Waals surface area contributed by atoms with Crippen molar-refractivity contribution in [3.63, 3.8) is 0 Å². The van der Waals surface area contributed by atoms with Crippen molar-refractivity contribution in [2.75, 3.05) is 37.7 Å². The van der Waals surface area contributed by atoms with Crippen LogP contribution in [-0.2, 0) is 22.1 Å². The van der Waals surface area contributed by atoms with E-state index in [2.05, 4.69) is 15.1 Å². The minimum Gasteiger partial charge on any atom is -0.478 e. The van der Waals surface area contributed by atoms with Crippen LogP contribution in [0.1, 0.15) is 54.1 Å². The van der Waals surface area contributed by atoms with Gasteiger partial charge in [-0.3, -0.25) is 9.69 Å². The number of rotatable bonds is 8. The van der Waals surface area contributed by atoms with Crippen LogP contribution in [0.3, 0.4) is 0 Å². The fourth-order valence-corrected chi connectivity index (χ4v) is 6.24. The number of anilines is 1. The summed E-state index contributed by atoms with van der Waals surface area (Å²) in [6, 6.07) is 9.52. The number of carbonyl (C=O) groups is 2. The van der Waals surface area contributed by atoms with Gasteiger partial charge in [-0.15, -0.1) is 0 Å². The van der Waals surface area contributed by atoms with Crippen LogP contribution in [0.5, 0.6) is 0 Å². The summed E-state index contributed by atoms with van der Waals surface area (Å²) in [7, 11) is 0. The summed E-state index contributed by atoms with van der Waals surface area (Å²) in [5.74, 6) is -2.09. The first-order valence-corrected chi connectivity index (χ1v) is 14.1. The smallest absolute Gasteiger partial charge is 0.416 e. The number of carboxylic acid groups (broad SMARTS) is 1. The maximum absolute atomic E-state index is 13.9. The molecular formula is C30H35F4N3O4. The van der Waals surface area contributed by atoms with E-state index in [-0.39, 0.29) is 36.0 Å². The van der Waals surface area contributed by atoms with E-state index in [1.165, 1.54) is 18.2 Å². The number of aromatic carboxylic acids is 1. The number of amides is 1. The lowest BCUT2D eigenvalue weighted by molar-refractivity contribution is -0.165. The molecule has 11 heteroatoms. The molecule has 222 valence electrons. The normalized spacial score (nSPS) is 25.6. The molecular weight excluding hydrogens is 542 g/mol. The van der Waals surface area contributed by atoms with E-state index in [0.717, 1.165) is 37.9 Å². The van der Waals surface area contributed by atoms with E-state index < -0.39 is 29.1 Å². The van der Waals surface area contributed by atoms with Crippen LogP contribution in [0.2, 0.25) is 0 Å². The van der Waals surface area contributed by atoms with Crippen molar-refractivity contribution in [2.45, 2.75) is 62.9 Å². The Morgan fingerprint density at radius 3 is 2.54 bits per heavy atom. The molecule has 2 aliphatic heterocycles. The van der Waals surface area contributed by atoms with Crippen molar-refractivity contribution in [3.8, 4) is 0 Å². The van der Waals surface area contributed by atoms with Crippen LogP contribution in [0.15, 0.2) is 42.5 Å². The van der Waals surface area contributed by atoms with Crippen LogP contribution < -0.4 is 10.2 Å². The Morgan fingerprint density at radius 1 is 1.12 bits per heavy atom. The predicted molar refractivity (Wildman–Crippen MR) is 144 cm³/mol. The van der Waals surface area contributed by atoms with Crippen LogP contribution in [0.25, 0.3) is 0 Å². The van der Waals surface area contributed by atoms with Crippen molar-refractivity contribution < 1.29 is 37.0 Å². The highest BCUT2D eigenvalue weighted by Gasteiger charge is 2.54. The van der Waals surface area contributed by atoms with Gasteiger partial charge in [0.25, 0.3) is 5.91 Å². The summed E-state index contributed by atoms with van der Waals surface area (Å²) in [5.41, 5.74) is -0.764. The van der Waals surface area contributed by atoms with Crippen molar-refractivity contribution in [3.05, 3.63) is 65.0 Å². The molecule has 2 saturated heterocycles. The number of hydrogen-bond donors (Lipinski definition) is 2. The molecule has 7 nitrogen and oxygen atoms in total. The maximum Gasteiger partial charge on any atom is 0.416 e. The van der Waals surface area contributed by atoms with E-state index in [0.29, 0.717) is 43.8 Å². The number of nitrogens with one attached hydrogen (secondary N) is 1. The fraction of sp³-hybridized carbons (Fsp3) is 0.533. The minimum absolute atomic E-state index is 0.0603. The van der Waals surface area contributed by atoms with Gasteiger partial charge in [0.1, 0.15) is 11.4 Å². The molecule has 0 aromatic heterocycles. The third-order valence-electron chi connectivity index (χ3n) is 8.64. The van der Waals surface area contributed by atoms with Gasteiger partial charge in [0.05, 0.1) is 17.7 Å². The monoisotopic (exact) mass is 577 g/mol. The van der Waals surface area contributed by atoms with E-state index in [1.54, 1.807) is 12.1 Å². The average molecular weight is 578 g/mol. The first-order valence-electron chi connectivity index (χ1n) is 14.1. The summed E-state index contributed by atoms with van der Waals surface area (Å²) in [4.78, 5) is 29.1. The number of piperazine rings is 1.